The molecule has 39 heavy (non-hydrogen) atoms. The highest BCUT2D eigenvalue weighted by Gasteiger charge is 2.44. The summed E-state index contributed by atoms with van der Waals surface area (Å²) in [6.07, 6.45) is 11.3. The molecule has 2 atom stereocenters. The molecule has 0 spiro atoms. The Morgan fingerprint density at radius 3 is 2.03 bits per heavy atom. The molecule has 2 unspecified atom stereocenters. The lowest BCUT2D eigenvalue weighted by molar-refractivity contribution is -0.146. The highest BCUT2D eigenvalue weighted by molar-refractivity contribution is 5.95. The Balaban J connectivity index is 1.68. The van der Waals surface area contributed by atoms with E-state index in [0.29, 0.717) is 43.1 Å². The van der Waals surface area contributed by atoms with Crippen LogP contribution in [0, 0.1) is 5.92 Å². The molecule has 0 bridgehead atoms. The number of rotatable bonds is 9. The second kappa shape index (κ2) is 12.9. The van der Waals surface area contributed by atoms with Gasteiger partial charge in [-0.25, -0.2) is 0 Å². The van der Waals surface area contributed by atoms with Gasteiger partial charge in [0.25, 0.3) is 0 Å². The molecule has 2 aliphatic carbocycles. The predicted molar refractivity (Wildman–Crippen MR) is 148 cm³/mol. The van der Waals surface area contributed by atoms with Crippen molar-refractivity contribution in [2.45, 2.75) is 101 Å². The number of nitrogens with zero attached hydrogens (tertiary/aromatic N) is 1. The third kappa shape index (κ3) is 6.12. The van der Waals surface area contributed by atoms with Gasteiger partial charge in [-0.15, -0.1) is 0 Å². The maximum absolute atomic E-state index is 14.5. The summed E-state index contributed by atoms with van der Waals surface area (Å²) in [6.45, 7) is 0.508. The Hall–Kier alpha value is -2.97. The summed E-state index contributed by atoms with van der Waals surface area (Å²) in [6, 6.07) is 3.13. The van der Waals surface area contributed by atoms with E-state index in [1.807, 2.05) is 12.1 Å². The molecular weight excluding hydrogens is 498 g/mol. The number of carbonyl (C=O) groups excluding carboxylic acids is 3. The smallest absolute Gasteiger partial charge is 0.243 e. The number of primary amides is 1. The molecule has 3 amide bonds. The van der Waals surface area contributed by atoms with Gasteiger partial charge >= 0.3 is 0 Å². The van der Waals surface area contributed by atoms with Gasteiger partial charge in [-0.05, 0) is 68.6 Å². The van der Waals surface area contributed by atoms with Crippen molar-refractivity contribution in [3.63, 3.8) is 0 Å². The van der Waals surface area contributed by atoms with Gasteiger partial charge in [0.05, 0.1) is 27.2 Å². The topological polar surface area (TPSA) is 120 Å². The number of ether oxygens (including phenoxy) is 3. The Kier molecular flexibility index (Phi) is 9.62. The van der Waals surface area contributed by atoms with E-state index in [2.05, 4.69) is 5.32 Å². The fourth-order valence-corrected chi connectivity index (χ4v) is 6.92. The van der Waals surface area contributed by atoms with Crippen LogP contribution in [-0.2, 0) is 14.4 Å². The Morgan fingerprint density at radius 2 is 1.46 bits per heavy atom. The third-order valence-corrected chi connectivity index (χ3v) is 9.06. The summed E-state index contributed by atoms with van der Waals surface area (Å²) < 4.78 is 16.8. The number of hydrogen-bond donors (Lipinski definition) is 2. The van der Waals surface area contributed by atoms with Gasteiger partial charge in [0.1, 0.15) is 11.6 Å². The number of benzene rings is 1. The van der Waals surface area contributed by atoms with Crippen molar-refractivity contribution in [1.82, 2.24) is 10.2 Å². The van der Waals surface area contributed by atoms with Crippen LogP contribution < -0.4 is 25.3 Å². The SMILES string of the molecule is COc1cc(C(C(=O)N2CCCCC2C(=O)NC2(C(N)=O)CCCCC2)C2CCCCC2)cc(OC)c1OC. The first kappa shape index (κ1) is 29.0. The van der Waals surface area contributed by atoms with E-state index < -0.39 is 23.4 Å². The minimum Gasteiger partial charge on any atom is -0.493 e. The zero-order chi connectivity index (χ0) is 28.0. The van der Waals surface area contributed by atoms with Crippen LogP contribution in [-0.4, -0.2) is 62.1 Å². The van der Waals surface area contributed by atoms with Crippen molar-refractivity contribution in [2.24, 2.45) is 11.7 Å². The van der Waals surface area contributed by atoms with Crippen molar-refractivity contribution >= 4 is 17.7 Å². The second-order valence-electron chi connectivity index (χ2n) is 11.4. The number of hydrogen-bond acceptors (Lipinski definition) is 6. The van der Waals surface area contributed by atoms with Gasteiger partial charge < -0.3 is 30.2 Å². The molecule has 2 saturated carbocycles. The molecule has 9 nitrogen and oxygen atoms in total. The number of amides is 3. The summed E-state index contributed by atoms with van der Waals surface area (Å²) in [7, 11) is 4.71. The normalized spacial score (nSPS) is 22.4. The molecule has 9 heteroatoms. The molecule has 1 saturated heterocycles. The minimum atomic E-state index is -1.03. The standard InChI is InChI=1S/C30H45N3O6/c1-37-23-18-21(19-24(38-2)26(23)39-3)25(20-12-6-4-7-13-20)28(35)33-17-11-8-14-22(33)27(34)32-30(29(31)36)15-9-5-10-16-30/h18-20,22,25H,4-17H2,1-3H3,(H2,31,36)(H,32,34). The molecule has 4 rings (SSSR count). The highest BCUT2D eigenvalue weighted by atomic mass is 16.5. The van der Waals surface area contributed by atoms with Gasteiger partial charge in [0.2, 0.25) is 23.5 Å². The molecule has 1 aliphatic heterocycles. The Labute approximate surface area is 232 Å². The van der Waals surface area contributed by atoms with E-state index in [9.17, 15) is 14.4 Å². The molecule has 216 valence electrons. The number of methoxy groups -OCH3 is 3. The lowest BCUT2D eigenvalue weighted by atomic mass is 9.75. The quantitative estimate of drug-likeness (QED) is 0.485. The van der Waals surface area contributed by atoms with E-state index in [4.69, 9.17) is 19.9 Å². The van der Waals surface area contributed by atoms with E-state index in [1.54, 1.807) is 26.2 Å². The van der Waals surface area contributed by atoms with Gasteiger partial charge in [0.15, 0.2) is 11.5 Å². The monoisotopic (exact) mass is 543 g/mol. The summed E-state index contributed by atoms with van der Waals surface area (Å²) in [4.78, 5) is 42.5. The molecule has 3 aliphatic rings. The maximum Gasteiger partial charge on any atom is 0.243 e. The van der Waals surface area contributed by atoms with Gasteiger partial charge in [-0.1, -0.05) is 38.5 Å². The lowest BCUT2D eigenvalue weighted by Crippen LogP contribution is -2.63. The third-order valence-electron chi connectivity index (χ3n) is 9.06. The van der Waals surface area contributed by atoms with Gasteiger partial charge in [-0.3, -0.25) is 14.4 Å². The summed E-state index contributed by atoms with van der Waals surface area (Å²) in [5, 5.41) is 3.03. The van der Waals surface area contributed by atoms with Crippen LogP contribution in [0.3, 0.4) is 0 Å². The van der Waals surface area contributed by atoms with E-state index >= 15 is 0 Å². The Bertz CT molecular complexity index is 1010. The van der Waals surface area contributed by atoms with Crippen LogP contribution >= 0.6 is 0 Å². The Morgan fingerprint density at radius 1 is 0.872 bits per heavy atom. The summed E-state index contributed by atoms with van der Waals surface area (Å²) in [5.41, 5.74) is 5.59. The van der Waals surface area contributed by atoms with Crippen LogP contribution in [0.1, 0.15) is 95.0 Å². The van der Waals surface area contributed by atoms with Crippen molar-refractivity contribution in [2.75, 3.05) is 27.9 Å². The molecule has 1 aromatic carbocycles. The van der Waals surface area contributed by atoms with Crippen LogP contribution in [0.25, 0.3) is 0 Å². The first-order chi connectivity index (χ1) is 18.8. The summed E-state index contributed by atoms with van der Waals surface area (Å²) >= 11 is 0. The highest BCUT2D eigenvalue weighted by Crippen LogP contribution is 2.45. The number of likely N-dealkylation sites (tertiary alicyclic amines) is 1. The van der Waals surface area contributed by atoms with E-state index in [1.165, 1.54) is 0 Å². The zero-order valence-corrected chi connectivity index (χ0v) is 23.8. The number of piperidine rings is 1. The second-order valence-corrected chi connectivity index (χ2v) is 11.4. The average Bonchev–Trinajstić information content (AvgIpc) is 2.97. The number of carbonyl (C=O) groups is 3. The zero-order valence-electron chi connectivity index (χ0n) is 23.8. The van der Waals surface area contributed by atoms with Crippen LogP contribution in [0.5, 0.6) is 17.2 Å². The van der Waals surface area contributed by atoms with E-state index in [-0.39, 0.29) is 17.7 Å². The van der Waals surface area contributed by atoms with Crippen LogP contribution in [0.2, 0.25) is 0 Å². The minimum absolute atomic E-state index is 0.0483. The number of nitrogens with two attached hydrogens (primary N) is 1. The predicted octanol–water partition coefficient (Wildman–Crippen LogP) is 4.06. The molecule has 1 heterocycles. The van der Waals surface area contributed by atoms with Crippen molar-refractivity contribution in [3.8, 4) is 17.2 Å². The maximum atomic E-state index is 14.5. The molecule has 1 aromatic rings. The van der Waals surface area contributed by atoms with Crippen LogP contribution in [0.15, 0.2) is 12.1 Å². The molecule has 0 aromatic heterocycles. The van der Waals surface area contributed by atoms with Gasteiger partial charge in [-0.2, -0.15) is 0 Å². The van der Waals surface area contributed by atoms with Gasteiger partial charge in [0, 0.05) is 6.54 Å². The largest absolute Gasteiger partial charge is 0.493 e. The average molecular weight is 544 g/mol. The molecule has 3 N–H and O–H groups in total. The van der Waals surface area contributed by atoms with Crippen molar-refractivity contribution in [3.05, 3.63) is 17.7 Å². The molecule has 3 fully saturated rings. The summed E-state index contributed by atoms with van der Waals surface area (Å²) in [5.74, 6) is 0.411. The lowest BCUT2D eigenvalue weighted by Gasteiger charge is -2.42. The van der Waals surface area contributed by atoms with Crippen molar-refractivity contribution < 1.29 is 28.6 Å². The first-order valence-electron chi connectivity index (χ1n) is 14.6. The molecular formula is C30H45N3O6. The van der Waals surface area contributed by atoms with E-state index in [0.717, 1.165) is 69.8 Å². The van der Waals surface area contributed by atoms with Crippen molar-refractivity contribution in [1.29, 1.82) is 0 Å². The first-order valence-corrected chi connectivity index (χ1v) is 14.6. The fraction of sp³-hybridized carbons (Fsp3) is 0.700. The molecule has 0 radical (unpaired) electrons. The van der Waals surface area contributed by atoms with Crippen LogP contribution in [0.4, 0.5) is 0 Å². The number of nitrogens with one attached hydrogen (secondary N) is 1. The fourth-order valence-electron chi connectivity index (χ4n) is 6.92.